The van der Waals surface area contributed by atoms with Gasteiger partial charge in [-0.1, -0.05) is 18.2 Å². The van der Waals surface area contributed by atoms with Gasteiger partial charge in [0.25, 0.3) is 0 Å². The molecule has 2 aromatic heterocycles. The van der Waals surface area contributed by atoms with Crippen molar-refractivity contribution < 1.29 is 46.3 Å². The van der Waals surface area contributed by atoms with E-state index in [0.29, 0.717) is 24.0 Å². The minimum Gasteiger partial charge on any atom is -0.382 e. The molecule has 184 valence electrons. The number of imidazole rings is 1. The Morgan fingerprint density at radius 2 is 1.79 bits per heavy atom. The summed E-state index contributed by atoms with van der Waals surface area (Å²) in [5.74, 6) is 0.216. The number of aromatic nitrogens is 4. The highest BCUT2D eigenvalue weighted by Gasteiger charge is 2.43. The average Bonchev–Trinajstić information content (AvgIpc) is 3.38. The number of nitrogens with two attached hydrogens (primary N) is 1. The molecule has 4 atom stereocenters. The summed E-state index contributed by atoms with van der Waals surface area (Å²) in [6.45, 7) is -0.331. The predicted molar refractivity (Wildman–Crippen MR) is 117 cm³/mol. The third kappa shape index (κ3) is 5.78. The van der Waals surface area contributed by atoms with Crippen LogP contribution in [0, 0.1) is 0 Å². The molecule has 0 aliphatic carbocycles. The summed E-state index contributed by atoms with van der Waals surface area (Å²) >= 11 is 0. The van der Waals surface area contributed by atoms with Crippen molar-refractivity contribution in [2.75, 3.05) is 12.3 Å². The third-order valence-corrected chi connectivity index (χ3v) is 9.49. The molecule has 4 unspecified atom stereocenters. The first-order chi connectivity index (χ1) is 16.0. The highest BCUT2D eigenvalue weighted by molar-refractivity contribution is 7.72. The molecule has 18 heteroatoms. The van der Waals surface area contributed by atoms with Crippen LogP contribution < -0.4 is 11.0 Å². The Bertz CT molecular complexity index is 1320. The number of nitrogens with zero attached hydrogens (tertiary/aromatic N) is 4. The lowest BCUT2D eigenvalue weighted by Gasteiger charge is -2.22. The summed E-state index contributed by atoms with van der Waals surface area (Å²) in [7, 11) is -15.5. The quantitative estimate of drug-likeness (QED) is 0.288. The van der Waals surface area contributed by atoms with Gasteiger partial charge < -0.3 is 29.7 Å². The monoisotopic (exact) mass is 535 g/mol. The van der Waals surface area contributed by atoms with Crippen LogP contribution in [0.4, 0.5) is 5.82 Å². The molecule has 5 N–H and O–H groups in total. The second-order valence-corrected chi connectivity index (χ2v) is 12.1. The highest BCUT2D eigenvalue weighted by Crippen LogP contribution is 2.67. The minimum atomic E-state index is -5.48. The molecule has 3 aromatic rings. The molecule has 3 heterocycles. The number of anilines is 1. The molecule has 1 aliphatic rings. The van der Waals surface area contributed by atoms with Crippen LogP contribution >= 0.6 is 23.2 Å². The summed E-state index contributed by atoms with van der Waals surface area (Å²) in [5, 5.41) is -0.124. The zero-order chi connectivity index (χ0) is 24.6. The maximum atomic E-state index is 13.4. The Kier molecular flexibility index (Phi) is 7.05. The predicted octanol–water partition coefficient (Wildman–Crippen LogP) is 1.85. The van der Waals surface area contributed by atoms with Crippen molar-refractivity contribution in [3.8, 4) is 0 Å². The molecule has 1 aliphatic heterocycles. The average molecular weight is 535 g/mol. The van der Waals surface area contributed by atoms with Gasteiger partial charge in [-0.2, -0.15) is 4.31 Å². The van der Waals surface area contributed by atoms with Crippen molar-refractivity contribution >= 4 is 45.5 Å². The first kappa shape index (κ1) is 25.1. The van der Waals surface area contributed by atoms with E-state index in [4.69, 9.17) is 24.8 Å². The molecule has 1 fully saturated rings. The van der Waals surface area contributed by atoms with Gasteiger partial charge in [-0.25, -0.2) is 28.4 Å². The summed E-state index contributed by atoms with van der Waals surface area (Å²) in [6, 6.07) is 7.15. The Hall–Kier alpha value is -2.02. The number of nitrogen functional groups attached to an aromatic ring is 1. The maximum absolute atomic E-state index is 13.4. The zero-order valence-corrected chi connectivity index (χ0v) is 19.9. The van der Waals surface area contributed by atoms with Crippen molar-refractivity contribution in [3.05, 3.63) is 43.0 Å². The van der Waals surface area contributed by atoms with E-state index in [9.17, 15) is 18.6 Å². The molecular weight excluding hydrogens is 515 g/mol. The second-order valence-electron chi connectivity index (χ2n) is 7.12. The van der Waals surface area contributed by atoms with E-state index < -0.39 is 35.6 Å². The van der Waals surface area contributed by atoms with Gasteiger partial charge >= 0.3 is 23.2 Å². The van der Waals surface area contributed by atoms with Gasteiger partial charge in [0.2, 0.25) is 0 Å². The van der Waals surface area contributed by atoms with Gasteiger partial charge in [-0.15, -0.1) is 0 Å². The van der Waals surface area contributed by atoms with Crippen LogP contribution in [0.5, 0.6) is 0 Å². The maximum Gasteiger partial charge on any atom is 0.488 e. The Balaban J connectivity index is 1.49. The molecule has 15 nitrogen and oxygen atoms in total. The first-order valence-corrected chi connectivity index (χ1v) is 14.2. The van der Waals surface area contributed by atoms with Gasteiger partial charge in [0, 0.05) is 0 Å². The molecular formula is C16H20N5O10P3. The summed E-state index contributed by atoms with van der Waals surface area (Å²) in [5.41, 5.74) is 6.68. The molecule has 1 aromatic carbocycles. The van der Waals surface area contributed by atoms with Crippen molar-refractivity contribution in [1.29, 1.82) is 0 Å². The van der Waals surface area contributed by atoms with E-state index in [1.165, 1.54) is 36.9 Å². The molecule has 1 saturated heterocycles. The van der Waals surface area contributed by atoms with Crippen LogP contribution in [0.15, 0.2) is 43.0 Å². The number of fused-ring (bicyclic) bond motifs is 1. The minimum absolute atomic E-state index is 0.124. The number of rotatable bonds is 9. The van der Waals surface area contributed by atoms with Crippen LogP contribution in [0.2, 0.25) is 0 Å². The number of benzene rings is 1. The van der Waals surface area contributed by atoms with Crippen LogP contribution in [0.25, 0.3) is 11.2 Å². The molecule has 0 bridgehead atoms. The lowest BCUT2D eigenvalue weighted by atomic mass is 10.2. The molecule has 0 spiro atoms. The fraction of sp³-hybridized carbons (Fsp3) is 0.312. The number of ether oxygens (including phenoxy) is 1. The van der Waals surface area contributed by atoms with Crippen molar-refractivity contribution in [1.82, 2.24) is 19.5 Å². The topological polar surface area (TPSA) is 218 Å². The second kappa shape index (κ2) is 9.56. The summed E-state index contributed by atoms with van der Waals surface area (Å²) in [6.07, 6.45) is 2.67. The number of phosphoric acid groups is 2. The van der Waals surface area contributed by atoms with Gasteiger partial charge in [-0.05, 0) is 25.0 Å². The van der Waals surface area contributed by atoms with Gasteiger partial charge in [0.15, 0.2) is 11.5 Å². The molecule has 34 heavy (non-hydrogen) atoms. The normalized spacial score (nSPS) is 22.4. The van der Waals surface area contributed by atoms with Crippen molar-refractivity contribution in [2.24, 2.45) is 0 Å². The first-order valence-electron chi connectivity index (χ1n) is 9.65. The van der Waals surface area contributed by atoms with E-state index in [0.717, 1.165) is 0 Å². The highest BCUT2D eigenvalue weighted by atomic mass is 31.3. The Morgan fingerprint density at radius 1 is 1.06 bits per heavy atom. The van der Waals surface area contributed by atoms with E-state index in [1.54, 1.807) is 10.6 Å². The summed E-state index contributed by atoms with van der Waals surface area (Å²) in [4.78, 5) is 39.6. The van der Waals surface area contributed by atoms with E-state index in [1.807, 2.05) is 0 Å². The SMILES string of the molecule is Nc1ncnc2c1ncn2C1CCC(COP(=O)(OP(=O)(O)OP(=O)(O)O)c2ccccc2)O1. The fourth-order valence-electron chi connectivity index (χ4n) is 3.32. The third-order valence-electron chi connectivity index (χ3n) is 4.71. The van der Waals surface area contributed by atoms with Crippen molar-refractivity contribution in [2.45, 2.75) is 25.2 Å². The van der Waals surface area contributed by atoms with Crippen LogP contribution in [0.1, 0.15) is 19.1 Å². The van der Waals surface area contributed by atoms with Crippen LogP contribution in [-0.4, -0.2) is 46.9 Å². The van der Waals surface area contributed by atoms with Gasteiger partial charge in [0.05, 0.1) is 24.3 Å². The lowest BCUT2D eigenvalue weighted by Crippen LogP contribution is -2.19. The molecule has 0 amide bonds. The zero-order valence-electron chi connectivity index (χ0n) is 17.2. The smallest absolute Gasteiger partial charge is 0.382 e. The fourth-order valence-corrected chi connectivity index (χ4v) is 7.48. The Labute approximate surface area is 192 Å². The lowest BCUT2D eigenvalue weighted by molar-refractivity contribution is -0.0170. The molecule has 0 radical (unpaired) electrons. The van der Waals surface area contributed by atoms with E-state index >= 15 is 0 Å². The largest absolute Gasteiger partial charge is 0.488 e. The Morgan fingerprint density at radius 3 is 2.50 bits per heavy atom. The standard InChI is InChI=1S/C16H20N5O10P3/c17-15-14-16(19-9-18-15)21(10-20-14)13-7-6-11(29-13)8-28-32(22,12-4-2-1-3-5-12)30-34(26,27)31-33(23,24)25/h1-5,9-11,13H,6-8H2,(H,26,27)(H2,17,18,19)(H2,23,24,25). The van der Waals surface area contributed by atoms with Gasteiger partial charge in [0.1, 0.15) is 18.1 Å². The summed E-state index contributed by atoms with van der Waals surface area (Å²) < 4.78 is 57.8. The molecule has 0 saturated carbocycles. The van der Waals surface area contributed by atoms with Gasteiger partial charge in [-0.3, -0.25) is 9.13 Å². The van der Waals surface area contributed by atoms with E-state index in [2.05, 4.69) is 23.6 Å². The van der Waals surface area contributed by atoms with Crippen LogP contribution in [0.3, 0.4) is 0 Å². The van der Waals surface area contributed by atoms with Crippen LogP contribution in [-0.2, 0) is 31.6 Å². The van der Waals surface area contributed by atoms with E-state index in [-0.39, 0.29) is 17.7 Å². The molecule has 4 rings (SSSR count). The number of hydrogen-bond donors (Lipinski definition) is 4. The number of hydrogen-bond acceptors (Lipinski definition) is 11. The van der Waals surface area contributed by atoms with Crippen molar-refractivity contribution in [3.63, 3.8) is 0 Å².